The number of rotatable bonds is 3. The molecule has 0 spiro atoms. The largest absolute Gasteiger partial charge is 0.545 e. The number of carbonyl (C=O) groups is 1. The summed E-state index contributed by atoms with van der Waals surface area (Å²) in [6.45, 7) is 0. The molecule has 0 fully saturated rings. The zero-order valence-electron chi connectivity index (χ0n) is 10.6. The van der Waals surface area contributed by atoms with E-state index in [1.54, 1.807) is 36.4 Å². The molecule has 2 aromatic rings. The average molecular weight is 317 g/mol. The lowest BCUT2D eigenvalue weighted by Crippen LogP contribution is -2.21. The number of nitrogens with zero attached hydrogens (tertiary/aromatic N) is 1. The molecule has 0 aliphatic rings. The highest BCUT2D eigenvalue weighted by atomic mass is 35.5. The van der Waals surface area contributed by atoms with E-state index in [1.165, 1.54) is 12.1 Å². The van der Waals surface area contributed by atoms with Crippen molar-refractivity contribution >= 4 is 40.8 Å². The van der Waals surface area contributed by atoms with Crippen molar-refractivity contribution in [2.45, 2.75) is 0 Å². The summed E-state index contributed by atoms with van der Waals surface area (Å²) in [4.78, 5) is 10.7. The molecule has 0 N–H and O–H groups in total. The predicted molar refractivity (Wildman–Crippen MR) is 80.7 cm³/mol. The summed E-state index contributed by atoms with van der Waals surface area (Å²) in [6.07, 6.45) is 1.62. The van der Waals surface area contributed by atoms with E-state index in [2.05, 4.69) is 6.07 Å². The van der Waals surface area contributed by atoms with Gasteiger partial charge in [-0.15, -0.1) is 0 Å². The van der Waals surface area contributed by atoms with Gasteiger partial charge in [-0.3, -0.25) is 0 Å². The van der Waals surface area contributed by atoms with Gasteiger partial charge in [0.25, 0.3) is 0 Å². The van der Waals surface area contributed by atoms with Gasteiger partial charge in [0.05, 0.1) is 17.6 Å². The Hall–Kier alpha value is -2.28. The first-order valence-electron chi connectivity index (χ1n) is 5.90. The van der Waals surface area contributed by atoms with Crippen LogP contribution in [0.25, 0.3) is 11.6 Å². The van der Waals surface area contributed by atoms with Crippen molar-refractivity contribution in [3.63, 3.8) is 0 Å². The molecule has 3 nitrogen and oxygen atoms in total. The molecule has 0 aliphatic heterocycles. The number of hydrogen-bond acceptors (Lipinski definition) is 3. The first kappa shape index (κ1) is 15.1. The number of carboxylic acid groups (broad SMARTS) is 1. The first-order chi connectivity index (χ1) is 10.0. The Kier molecular flexibility index (Phi) is 4.64. The Bertz CT molecular complexity index is 759. The van der Waals surface area contributed by atoms with Crippen LogP contribution < -0.4 is 5.11 Å². The molecule has 104 valence electrons. The van der Waals surface area contributed by atoms with Gasteiger partial charge < -0.3 is 9.90 Å². The van der Waals surface area contributed by atoms with Crippen LogP contribution in [-0.4, -0.2) is 5.97 Å². The van der Waals surface area contributed by atoms with E-state index in [-0.39, 0.29) is 5.56 Å². The highest BCUT2D eigenvalue weighted by Gasteiger charge is 2.04. The molecular weight excluding hydrogens is 309 g/mol. The first-order valence-corrected chi connectivity index (χ1v) is 6.65. The second-order valence-corrected chi connectivity index (χ2v) is 5.04. The molecular formula is C16H8Cl2NO2-. The minimum absolute atomic E-state index is 0.0561. The Morgan fingerprint density at radius 1 is 1.10 bits per heavy atom. The number of nitriles is 1. The van der Waals surface area contributed by atoms with Gasteiger partial charge in [-0.05, 0) is 34.9 Å². The molecule has 0 bridgehead atoms. The third kappa shape index (κ3) is 3.63. The van der Waals surface area contributed by atoms with Crippen LogP contribution in [0.2, 0.25) is 10.0 Å². The monoisotopic (exact) mass is 316 g/mol. The Morgan fingerprint density at radius 2 is 1.71 bits per heavy atom. The van der Waals surface area contributed by atoms with Gasteiger partial charge >= 0.3 is 0 Å². The highest BCUT2D eigenvalue weighted by Crippen LogP contribution is 2.25. The predicted octanol–water partition coefficient (Wildman–Crippen LogP) is 3.42. The third-order valence-corrected chi connectivity index (χ3v) is 3.38. The fourth-order valence-corrected chi connectivity index (χ4v) is 2.20. The maximum atomic E-state index is 10.7. The van der Waals surface area contributed by atoms with E-state index in [4.69, 9.17) is 23.2 Å². The zero-order chi connectivity index (χ0) is 15.4. The molecule has 21 heavy (non-hydrogen) atoms. The van der Waals surface area contributed by atoms with E-state index in [0.717, 1.165) is 0 Å². The van der Waals surface area contributed by atoms with Gasteiger partial charge in [0.15, 0.2) is 0 Å². The van der Waals surface area contributed by atoms with Crippen molar-refractivity contribution in [2.24, 2.45) is 0 Å². The van der Waals surface area contributed by atoms with Crippen LogP contribution in [0.5, 0.6) is 0 Å². The summed E-state index contributed by atoms with van der Waals surface area (Å²) in [5, 5.41) is 20.9. The molecule has 0 aliphatic carbocycles. The lowest BCUT2D eigenvalue weighted by Gasteiger charge is -2.05. The molecule has 2 rings (SSSR count). The zero-order valence-corrected chi connectivity index (χ0v) is 12.2. The summed E-state index contributed by atoms with van der Waals surface area (Å²) in [7, 11) is 0. The van der Waals surface area contributed by atoms with Gasteiger partial charge in [-0.2, -0.15) is 5.26 Å². The summed E-state index contributed by atoms with van der Waals surface area (Å²) in [5.74, 6) is -1.26. The Morgan fingerprint density at radius 3 is 2.24 bits per heavy atom. The maximum absolute atomic E-state index is 10.7. The number of aromatic carboxylic acids is 1. The van der Waals surface area contributed by atoms with E-state index >= 15 is 0 Å². The summed E-state index contributed by atoms with van der Waals surface area (Å²) in [6, 6.07) is 12.9. The third-order valence-electron chi connectivity index (χ3n) is 2.81. The maximum Gasteiger partial charge on any atom is 0.0998 e. The van der Waals surface area contributed by atoms with Crippen molar-refractivity contribution in [1.29, 1.82) is 5.26 Å². The van der Waals surface area contributed by atoms with Gasteiger partial charge in [0.1, 0.15) is 0 Å². The van der Waals surface area contributed by atoms with Gasteiger partial charge in [-0.1, -0.05) is 53.5 Å². The van der Waals surface area contributed by atoms with E-state index < -0.39 is 5.97 Å². The van der Waals surface area contributed by atoms with Crippen molar-refractivity contribution in [1.82, 2.24) is 0 Å². The lowest BCUT2D eigenvalue weighted by molar-refractivity contribution is -0.255. The average Bonchev–Trinajstić information content (AvgIpc) is 2.47. The lowest BCUT2D eigenvalue weighted by atomic mass is 10.0. The van der Waals surface area contributed by atoms with Crippen LogP contribution in [-0.2, 0) is 0 Å². The normalized spacial score (nSPS) is 11.0. The van der Waals surface area contributed by atoms with Crippen molar-refractivity contribution in [2.75, 3.05) is 0 Å². The standard InChI is InChI=1S/C16H9Cl2NO2/c17-14-6-5-12(15(18)8-14)7-13(9-19)10-1-3-11(4-2-10)16(20)21/h1-8H,(H,20,21)/p-1/b13-7-. The van der Waals surface area contributed by atoms with Crippen LogP contribution in [0, 0.1) is 11.3 Å². The quantitative estimate of drug-likeness (QED) is 0.643. The summed E-state index contributed by atoms with van der Waals surface area (Å²) in [5.41, 5.74) is 1.67. The molecule has 2 aromatic carbocycles. The number of halogens is 2. The fraction of sp³-hybridized carbons (Fsp3) is 0. The minimum Gasteiger partial charge on any atom is -0.545 e. The Labute approximate surface area is 131 Å². The molecule has 0 amide bonds. The summed E-state index contributed by atoms with van der Waals surface area (Å²) >= 11 is 11.9. The number of carboxylic acids is 1. The topological polar surface area (TPSA) is 63.9 Å². The Balaban J connectivity index is 2.41. The molecule has 0 unspecified atom stereocenters. The molecule has 0 radical (unpaired) electrons. The van der Waals surface area contributed by atoms with E-state index in [0.29, 0.717) is 26.7 Å². The van der Waals surface area contributed by atoms with Crippen molar-refractivity contribution in [3.8, 4) is 6.07 Å². The molecule has 0 saturated carbocycles. The fourth-order valence-electron chi connectivity index (χ4n) is 1.74. The number of carbonyl (C=O) groups excluding carboxylic acids is 1. The van der Waals surface area contributed by atoms with Gasteiger partial charge in [0.2, 0.25) is 0 Å². The van der Waals surface area contributed by atoms with E-state index in [1.807, 2.05) is 0 Å². The number of hydrogen-bond donors (Lipinski definition) is 0. The number of allylic oxidation sites excluding steroid dienone is 1. The molecule has 0 atom stereocenters. The molecule has 0 aromatic heterocycles. The highest BCUT2D eigenvalue weighted by molar-refractivity contribution is 6.35. The van der Waals surface area contributed by atoms with Crippen LogP contribution in [0.4, 0.5) is 0 Å². The van der Waals surface area contributed by atoms with Crippen LogP contribution >= 0.6 is 23.2 Å². The molecule has 0 heterocycles. The van der Waals surface area contributed by atoms with E-state index in [9.17, 15) is 15.2 Å². The molecule has 5 heteroatoms. The summed E-state index contributed by atoms with van der Waals surface area (Å²) < 4.78 is 0. The number of benzene rings is 2. The second kappa shape index (κ2) is 6.45. The van der Waals surface area contributed by atoms with Crippen LogP contribution in [0.3, 0.4) is 0 Å². The van der Waals surface area contributed by atoms with Crippen molar-refractivity contribution < 1.29 is 9.90 Å². The minimum atomic E-state index is -1.26. The van der Waals surface area contributed by atoms with Crippen molar-refractivity contribution in [3.05, 3.63) is 69.2 Å². The molecule has 0 saturated heterocycles. The second-order valence-electron chi connectivity index (χ2n) is 4.20. The van der Waals surface area contributed by atoms with Gasteiger partial charge in [-0.25, -0.2) is 0 Å². The van der Waals surface area contributed by atoms with Crippen LogP contribution in [0.1, 0.15) is 21.5 Å². The SMILES string of the molecule is N#C/C(=C/c1ccc(Cl)cc1Cl)c1ccc(C(=O)[O-])cc1. The smallest absolute Gasteiger partial charge is 0.0998 e. The van der Waals surface area contributed by atoms with Gasteiger partial charge in [0, 0.05) is 10.0 Å². The van der Waals surface area contributed by atoms with Crippen LogP contribution in [0.15, 0.2) is 42.5 Å².